The van der Waals surface area contributed by atoms with Crippen LogP contribution in [0.2, 0.25) is 5.02 Å². The second-order valence-electron chi connectivity index (χ2n) is 7.84. The number of ketones is 1. The van der Waals surface area contributed by atoms with E-state index >= 15 is 0 Å². The lowest BCUT2D eigenvalue weighted by Gasteiger charge is -2.20. The van der Waals surface area contributed by atoms with Gasteiger partial charge in [-0.1, -0.05) is 17.7 Å². The standard InChI is InChI=1S/C25H20ClN3O5/c1-3-33-19-12-14(7-8-15(19)26)22(30)20-21(18-5-4-10-34-18)29(24(32)23(20)31)25-27-16-9-6-13(2)11-17(16)28-25/h4-12,21,30H,3H2,1-2H3,(H,27,28)/b22-20+. The molecule has 4 aromatic rings. The van der Waals surface area contributed by atoms with E-state index in [-0.39, 0.29) is 22.8 Å². The van der Waals surface area contributed by atoms with E-state index in [1.807, 2.05) is 25.1 Å². The van der Waals surface area contributed by atoms with Crippen molar-refractivity contribution in [1.29, 1.82) is 0 Å². The van der Waals surface area contributed by atoms with Crippen LogP contribution in [-0.2, 0) is 9.59 Å². The van der Waals surface area contributed by atoms with E-state index in [9.17, 15) is 14.7 Å². The van der Waals surface area contributed by atoms with Gasteiger partial charge in [-0.15, -0.1) is 0 Å². The number of carbonyl (C=O) groups is 2. The molecule has 2 aromatic heterocycles. The number of anilines is 1. The third-order valence-electron chi connectivity index (χ3n) is 5.61. The summed E-state index contributed by atoms with van der Waals surface area (Å²) >= 11 is 6.17. The van der Waals surface area contributed by atoms with Gasteiger partial charge >= 0.3 is 5.91 Å². The van der Waals surface area contributed by atoms with E-state index in [2.05, 4.69) is 9.97 Å². The van der Waals surface area contributed by atoms with Crippen LogP contribution in [0.4, 0.5) is 5.95 Å². The summed E-state index contributed by atoms with van der Waals surface area (Å²) in [6.07, 6.45) is 1.44. The summed E-state index contributed by atoms with van der Waals surface area (Å²) in [4.78, 5) is 35.2. The summed E-state index contributed by atoms with van der Waals surface area (Å²) in [5.74, 6) is -1.23. The number of hydrogen-bond acceptors (Lipinski definition) is 6. The fourth-order valence-electron chi connectivity index (χ4n) is 4.06. The number of furan rings is 1. The lowest BCUT2D eigenvalue weighted by Crippen LogP contribution is -2.30. The van der Waals surface area contributed by atoms with E-state index in [4.69, 9.17) is 20.8 Å². The number of aromatic amines is 1. The first-order valence-electron chi connectivity index (χ1n) is 10.6. The van der Waals surface area contributed by atoms with Gasteiger partial charge in [-0.25, -0.2) is 4.98 Å². The topological polar surface area (TPSA) is 109 Å². The van der Waals surface area contributed by atoms with Crippen LogP contribution in [0.5, 0.6) is 5.75 Å². The highest BCUT2D eigenvalue weighted by Gasteiger charge is 2.49. The number of ether oxygens (including phenoxy) is 1. The second kappa shape index (κ2) is 8.39. The number of hydrogen-bond donors (Lipinski definition) is 2. The molecule has 0 spiro atoms. The van der Waals surface area contributed by atoms with Gasteiger partial charge in [0.15, 0.2) is 0 Å². The fourth-order valence-corrected chi connectivity index (χ4v) is 4.24. The molecule has 1 amide bonds. The number of H-pyrrole nitrogens is 1. The molecule has 0 radical (unpaired) electrons. The predicted octanol–water partition coefficient (Wildman–Crippen LogP) is 5.14. The molecule has 0 bridgehead atoms. The summed E-state index contributed by atoms with van der Waals surface area (Å²) in [6, 6.07) is 12.5. The molecule has 2 N–H and O–H groups in total. The number of aromatic nitrogens is 2. The molecule has 2 aromatic carbocycles. The summed E-state index contributed by atoms with van der Waals surface area (Å²) in [5, 5.41) is 11.6. The van der Waals surface area contributed by atoms with Crippen LogP contribution in [-0.4, -0.2) is 33.4 Å². The lowest BCUT2D eigenvalue weighted by molar-refractivity contribution is -0.132. The number of aryl methyl sites for hydroxylation is 1. The number of imidazole rings is 1. The molecular weight excluding hydrogens is 458 g/mol. The number of carbonyl (C=O) groups excluding carboxylic acids is 2. The zero-order chi connectivity index (χ0) is 24.0. The molecule has 5 rings (SSSR count). The molecule has 9 heteroatoms. The predicted molar refractivity (Wildman–Crippen MR) is 127 cm³/mol. The van der Waals surface area contributed by atoms with Crippen LogP contribution in [0.15, 0.2) is 64.8 Å². The largest absolute Gasteiger partial charge is 0.507 e. The zero-order valence-corrected chi connectivity index (χ0v) is 19.1. The van der Waals surface area contributed by atoms with Gasteiger partial charge in [0.1, 0.15) is 23.3 Å². The molecule has 8 nitrogen and oxygen atoms in total. The Labute approximate surface area is 199 Å². The van der Waals surface area contributed by atoms with Crippen molar-refractivity contribution in [2.24, 2.45) is 0 Å². The average molecular weight is 478 g/mol. The Hall–Kier alpha value is -4.04. The Kier molecular flexibility index (Phi) is 5.37. The number of aliphatic hydroxyl groups excluding tert-OH is 1. The van der Waals surface area contributed by atoms with Crippen molar-refractivity contribution in [3.63, 3.8) is 0 Å². The Balaban J connectivity index is 1.69. The molecule has 1 fully saturated rings. The van der Waals surface area contributed by atoms with E-state index in [0.29, 0.717) is 34.2 Å². The quantitative estimate of drug-likeness (QED) is 0.234. The van der Waals surface area contributed by atoms with Crippen molar-refractivity contribution in [2.45, 2.75) is 19.9 Å². The van der Waals surface area contributed by atoms with Crippen molar-refractivity contribution < 1.29 is 23.8 Å². The van der Waals surface area contributed by atoms with Crippen LogP contribution in [0.3, 0.4) is 0 Å². The first-order chi connectivity index (χ1) is 16.4. The van der Waals surface area contributed by atoms with Gasteiger partial charge in [-0.05, 0) is 61.9 Å². The highest BCUT2D eigenvalue weighted by Crippen LogP contribution is 2.42. The van der Waals surface area contributed by atoms with Crippen molar-refractivity contribution in [3.05, 3.63) is 82.3 Å². The molecule has 1 atom stereocenters. The molecule has 172 valence electrons. The lowest BCUT2D eigenvalue weighted by atomic mass is 9.99. The number of fused-ring (bicyclic) bond motifs is 1. The van der Waals surface area contributed by atoms with Gasteiger partial charge in [0, 0.05) is 5.56 Å². The van der Waals surface area contributed by atoms with Gasteiger partial charge in [-0.3, -0.25) is 14.5 Å². The number of rotatable bonds is 5. The minimum atomic E-state index is -1.03. The first kappa shape index (κ1) is 21.8. The van der Waals surface area contributed by atoms with Gasteiger partial charge < -0.3 is 19.2 Å². The van der Waals surface area contributed by atoms with Crippen molar-refractivity contribution in [2.75, 3.05) is 11.5 Å². The summed E-state index contributed by atoms with van der Waals surface area (Å²) in [6.45, 7) is 4.12. The number of halogens is 1. The van der Waals surface area contributed by atoms with Crippen LogP contribution in [0, 0.1) is 6.92 Å². The van der Waals surface area contributed by atoms with Gasteiger partial charge in [-0.2, -0.15) is 0 Å². The minimum Gasteiger partial charge on any atom is -0.507 e. The molecule has 1 aliphatic rings. The first-order valence-corrected chi connectivity index (χ1v) is 11.0. The highest BCUT2D eigenvalue weighted by atomic mass is 35.5. The van der Waals surface area contributed by atoms with E-state index in [1.165, 1.54) is 17.2 Å². The molecule has 1 aliphatic heterocycles. The van der Waals surface area contributed by atoms with Crippen molar-refractivity contribution in [3.8, 4) is 5.75 Å². The smallest absolute Gasteiger partial charge is 0.302 e. The molecule has 1 unspecified atom stereocenters. The number of nitrogens with one attached hydrogen (secondary N) is 1. The SMILES string of the molecule is CCOc1cc(/C(O)=C2\C(=O)C(=O)N(c3nc4ccc(C)cc4[nH]3)C2c2ccco2)ccc1Cl. The van der Waals surface area contributed by atoms with Crippen LogP contribution < -0.4 is 9.64 Å². The number of benzene rings is 2. The minimum absolute atomic E-state index is 0.124. The Morgan fingerprint density at radius 2 is 2.06 bits per heavy atom. The van der Waals surface area contributed by atoms with Gasteiger partial charge in [0.05, 0.1) is 34.5 Å². The van der Waals surface area contributed by atoms with E-state index in [1.54, 1.807) is 31.2 Å². The molecule has 34 heavy (non-hydrogen) atoms. The molecule has 1 saturated heterocycles. The van der Waals surface area contributed by atoms with Crippen LogP contribution >= 0.6 is 11.6 Å². The highest BCUT2D eigenvalue weighted by molar-refractivity contribution is 6.51. The fraction of sp³-hybridized carbons (Fsp3) is 0.160. The maximum absolute atomic E-state index is 13.2. The molecular formula is C25H20ClN3O5. The second-order valence-corrected chi connectivity index (χ2v) is 8.25. The third kappa shape index (κ3) is 3.52. The Morgan fingerprint density at radius 1 is 1.24 bits per heavy atom. The zero-order valence-electron chi connectivity index (χ0n) is 18.3. The maximum atomic E-state index is 13.2. The molecule has 3 heterocycles. The van der Waals surface area contributed by atoms with Crippen LogP contribution in [0.25, 0.3) is 16.8 Å². The Bertz CT molecular complexity index is 1450. The van der Waals surface area contributed by atoms with Gasteiger partial charge in [0.2, 0.25) is 5.95 Å². The van der Waals surface area contributed by atoms with Gasteiger partial charge in [0.25, 0.3) is 5.78 Å². The molecule has 0 saturated carbocycles. The maximum Gasteiger partial charge on any atom is 0.302 e. The number of nitrogens with zero attached hydrogens (tertiary/aromatic N) is 2. The number of aliphatic hydroxyl groups is 1. The van der Waals surface area contributed by atoms with Crippen LogP contribution in [0.1, 0.15) is 29.9 Å². The van der Waals surface area contributed by atoms with E-state index < -0.39 is 17.7 Å². The summed E-state index contributed by atoms with van der Waals surface area (Å²) in [5.41, 5.74) is 2.53. The average Bonchev–Trinajstić information content (AvgIpc) is 3.53. The normalized spacial score (nSPS) is 17.6. The molecule has 0 aliphatic carbocycles. The summed E-state index contributed by atoms with van der Waals surface area (Å²) < 4.78 is 11.1. The van der Waals surface area contributed by atoms with Crippen molar-refractivity contribution in [1.82, 2.24) is 9.97 Å². The summed E-state index contributed by atoms with van der Waals surface area (Å²) in [7, 11) is 0. The van der Waals surface area contributed by atoms with Crippen molar-refractivity contribution >= 4 is 46.0 Å². The third-order valence-corrected chi connectivity index (χ3v) is 5.93. The number of Topliss-reactive ketones (excluding diaryl/α,β-unsaturated/α-hetero) is 1. The number of amides is 1. The monoisotopic (exact) mass is 477 g/mol. The Morgan fingerprint density at radius 3 is 2.79 bits per heavy atom. The van der Waals surface area contributed by atoms with E-state index in [0.717, 1.165) is 5.56 Å².